The average Bonchev–Trinajstić information content (AvgIpc) is 3.27. The van der Waals surface area contributed by atoms with Crippen LogP contribution in [0, 0.1) is 22.9 Å². The Balaban J connectivity index is 1.39. The van der Waals surface area contributed by atoms with Crippen LogP contribution in [0.25, 0.3) is 11.5 Å². The van der Waals surface area contributed by atoms with E-state index in [1.807, 2.05) is 6.92 Å². The van der Waals surface area contributed by atoms with E-state index >= 15 is 0 Å². The number of nitrogens with zero attached hydrogens (tertiary/aromatic N) is 5. The molecule has 4 rings (SSSR count). The minimum Gasteiger partial charge on any atom is -0.338 e. The zero-order valence-electron chi connectivity index (χ0n) is 18.6. The van der Waals surface area contributed by atoms with Crippen LogP contribution in [0.4, 0.5) is 10.1 Å². The molecule has 3 aromatic rings. The molecule has 176 valence electrons. The number of rotatable bonds is 5. The van der Waals surface area contributed by atoms with Crippen molar-refractivity contribution < 1.29 is 23.4 Å². The minimum atomic E-state index is -0.510. The first-order valence-electron chi connectivity index (χ1n) is 10.6. The molecule has 1 aromatic heterocycles. The lowest BCUT2D eigenvalue weighted by Crippen LogP contribution is -2.55. The van der Waals surface area contributed by atoms with E-state index in [2.05, 4.69) is 10.1 Å². The van der Waals surface area contributed by atoms with Crippen LogP contribution < -0.4 is 0 Å². The average molecular weight is 467 g/mol. The summed E-state index contributed by atoms with van der Waals surface area (Å²) in [6.07, 6.45) is -0.0936. The molecule has 2 amide bonds. The largest absolute Gasteiger partial charge is 0.338 e. The summed E-state index contributed by atoms with van der Waals surface area (Å²) >= 11 is 0. The number of halogens is 1. The summed E-state index contributed by atoms with van der Waals surface area (Å²) in [5, 5.41) is 15.0. The SMILES string of the molecule is Cc1ccc(C(=O)N2CCN(C(=O)Cc3noc(-c4cccc(F)c4)n3)CC2C)cc1[N+](=O)[O-]. The summed E-state index contributed by atoms with van der Waals surface area (Å²) < 4.78 is 18.6. The van der Waals surface area contributed by atoms with Crippen LogP contribution in [-0.4, -0.2) is 62.4 Å². The van der Waals surface area contributed by atoms with Crippen molar-refractivity contribution in [2.24, 2.45) is 0 Å². The fourth-order valence-electron chi connectivity index (χ4n) is 3.90. The molecule has 1 fully saturated rings. The molecule has 0 radical (unpaired) electrons. The van der Waals surface area contributed by atoms with E-state index in [1.54, 1.807) is 34.9 Å². The van der Waals surface area contributed by atoms with Crippen molar-refractivity contribution in [3.05, 3.63) is 75.3 Å². The smallest absolute Gasteiger partial charge is 0.273 e. The Hall–Kier alpha value is -4.15. The number of piperazine rings is 1. The highest BCUT2D eigenvalue weighted by Gasteiger charge is 2.31. The second kappa shape index (κ2) is 9.38. The fraction of sp³-hybridized carbons (Fsp3) is 0.304. The minimum absolute atomic E-state index is 0.0936. The van der Waals surface area contributed by atoms with Crippen molar-refractivity contribution in [1.82, 2.24) is 19.9 Å². The number of aryl methyl sites for hydroxylation is 1. The molecule has 0 N–H and O–H groups in total. The van der Waals surface area contributed by atoms with Crippen molar-refractivity contribution >= 4 is 17.5 Å². The Kier molecular flexibility index (Phi) is 6.35. The van der Waals surface area contributed by atoms with Crippen LogP contribution >= 0.6 is 0 Å². The third-order valence-corrected chi connectivity index (χ3v) is 5.74. The highest BCUT2D eigenvalue weighted by atomic mass is 19.1. The van der Waals surface area contributed by atoms with E-state index in [9.17, 15) is 24.1 Å². The maximum absolute atomic E-state index is 13.4. The van der Waals surface area contributed by atoms with Crippen LogP contribution in [0.15, 0.2) is 47.0 Å². The van der Waals surface area contributed by atoms with E-state index in [0.717, 1.165) is 0 Å². The molecule has 1 saturated heterocycles. The van der Waals surface area contributed by atoms with Gasteiger partial charge in [-0.1, -0.05) is 17.3 Å². The summed E-state index contributed by atoms with van der Waals surface area (Å²) in [4.78, 5) is 43.8. The molecular formula is C23H22FN5O5. The second-order valence-corrected chi connectivity index (χ2v) is 8.15. The third kappa shape index (κ3) is 4.77. The number of hydrogen-bond donors (Lipinski definition) is 0. The molecule has 10 nitrogen and oxygen atoms in total. The van der Waals surface area contributed by atoms with Gasteiger partial charge in [0.15, 0.2) is 5.82 Å². The van der Waals surface area contributed by atoms with Gasteiger partial charge in [-0.15, -0.1) is 0 Å². The fourth-order valence-corrected chi connectivity index (χ4v) is 3.90. The van der Waals surface area contributed by atoms with Gasteiger partial charge < -0.3 is 14.3 Å². The first-order chi connectivity index (χ1) is 16.2. The molecule has 0 aliphatic carbocycles. The number of nitro benzene ring substituents is 1. The molecule has 0 bridgehead atoms. The highest BCUT2D eigenvalue weighted by molar-refractivity contribution is 5.95. The monoisotopic (exact) mass is 467 g/mol. The lowest BCUT2D eigenvalue weighted by atomic mass is 10.1. The van der Waals surface area contributed by atoms with Gasteiger partial charge in [-0.25, -0.2) is 4.39 Å². The Morgan fingerprint density at radius 3 is 2.74 bits per heavy atom. The number of amides is 2. The number of hydrogen-bond acceptors (Lipinski definition) is 7. The van der Waals surface area contributed by atoms with E-state index in [0.29, 0.717) is 24.2 Å². The topological polar surface area (TPSA) is 123 Å². The van der Waals surface area contributed by atoms with Gasteiger partial charge >= 0.3 is 0 Å². The Morgan fingerprint density at radius 1 is 1.24 bits per heavy atom. The molecule has 1 aliphatic rings. The maximum atomic E-state index is 13.4. The van der Waals surface area contributed by atoms with E-state index in [-0.39, 0.29) is 53.8 Å². The lowest BCUT2D eigenvalue weighted by Gasteiger charge is -2.39. The van der Waals surface area contributed by atoms with Crippen LogP contribution in [0.3, 0.4) is 0 Å². The molecule has 2 aromatic carbocycles. The maximum Gasteiger partial charge on any atom is 0.273 e. The lowest BCUT2D eigenvalue weighted by molar-refractivity contribution is -0.385. The quantitative estimate of drug-likeness (QED) is 0.417. The third-order valence-electron chi connectivity index (χ3n) is 5.74. The van der Waals surface area contributed by atoms with Crippen molar-refractivity contribution in [1.29, 1.82) is 0 Å². The highest BCUT2D eigenvalue weighted by Crippen LogP contribution is 2.22. The Labute approximate surface area is 194 Å². The first-order valence-corrected chi connectivity index (χ1v) is 10.6. The van der Waals surface area contributed by atoms with E-state index in [1.165, 1.54) is 24.3 Å². The van der Waals surface area contributed by atoms with Gasteiger partial charge in [-0.3, -0.25) is 19.7 Å². The zero-order chi connectivity index (χ0) is 24.4. The molecule has 1 unspecified atom stereocenters. The number of nitro groups is 1. The van der Waals surface area contributed by atoms with Crippen molar-refractivity contribution in [3.8, 4) is 11.5 Å². The predicted molar refractivity (Wildman–Crippen MR) is 118 cm³/mol. The Bertz CT molecular complexity index is 1260. The van der Waals surface area contributed by atoms with Gasteiger partial charge in [-0.2, -0.15) is 4.98 Å². The molecule has 1 atom stereocenters. The van der Waals surface area contributed by atoms with Gasteiger partial charge in [0.2, 0.25) is 5.91 Å². The summed E-state index contributed by atoms with van der Waals surface area (Å²) in [5.41, 5.74) is 1.03. The standard InChI is InChI=1S/C23H22FN5O5/c1-14-6-7-17(11-19(14)29(32)33)23(31)28-9-8-27(13-15(28)2)21(30)12-20-25-22(34-26-20)16-4-3-5-18(24)10-16/h3-7,10-11,15H,8-9,12-13H2,1-2H3. The molecule has 34 heavy (non-hydrogen) atoms. The first kappa shape index (κ1) is 23.0. The second-order valence-electron chi connectivity index (χ2n) is 8.15. The van der Waals surface area contributed by atoms with Crippen molar-refractivity contribution in [2.45, 2.75) is 26.3 Å². The molecule has 0 spiro atoms. The molecule has 1 aliphatic heterocycles. The van der Waals surface area contributed by atoms with Gasteiger partial charge in [0.25, 0.3) is 17.5 Å². The van der Waals surface area contributed by atoms with Gasteiger partial charge in [-0.05, 0) is 38.1 Å². The number of carbonyl (C=O) groups excluding carboxylic acids is 2. The summed E-state index contributed by atoms with van der Waals surface area (Å²) in [6.45, 7) is 4.32. The molecule has 2 heterocycles. The van der Waals surface area contributed by atoms with E-state index in [4.69, 9.17) is 4.52 Å². The summed E-state index contributed by atoms with van der Waals surface area (Å²) in [7, 11) is 0. The van der Waals surface area contributed by atoms with Crippen LogP contribution in [0.1, 0.15) is 28.7 Å². The summed E-state index contributed by atoms with van der Waals surface area (Å²) in [6, 6.07) is 9.84. The van der Waals surface area contributed by atoms with Crippen LogP contribution in [0.2, 0.25) is 0 Å². The van der Waals surface area contributed by atoms with Gasteiger partial charge in [0.1, 0.15) is 5.82 Å². The van der Waals surface area contributed by atoms with Crippen LogP contribution in [0.5, 0.6) is 0 Å². The summed E-state index contributed by atoms with van der Waals surface area (Å²) in [5.74, 6) is -0.673. The van der Waals surface area contributed by atoms with Gasteiger partial charge in [0.05, 0.1) is 11.3 Å². The molecule has 11 heteroatoms. The number of benzene rings is 2. The zero-order valence-corrected chi connectivity index (χ0v) is 18.6. The normalized spacial score (nSPS) is 15.9. The van der Waals surface area contributed by atoms with Gasteiger partial charge in [0, 0.05) is 48.4 Å². The molecular weight excluding hydrogens is 445 g/mol. The molecule has 0 saturated carbocycles. The Morgan fingerprint density at radius 2 is 2.03 bits per heavy atom. The van der Waals surface area contributed by atoms with Crippen molar-refractivity contribution in [3.63, 3.8) is 0 Å². The number of carbonyl (C=O) groups is 2. The van der Waals surface area contributed by atoms with E-state index < -0.39 is 10.7 Å². The van der Waals surface area contributed by atoms with Crippen LogP contribution in [-0.2, 0) is 11.2 Å². The van der Waals surface area contributed by atoms with Crippen molar-refractivity contribution in [2.75, 3.05) is 19.6 Å². The number of aromatic nitrogens is 2. The predicted octanol–water partition coefficient (Wildman–Crippen LogP) is 3.01.